The highest BCUT2D eigenvalue weighted by molar-refractivity contribution is 4.91. The molecule has 4 atom stereocenters. The largest absolute Gasteiger partial charge is 0.378 e. The molecule has 0 aromatic rings. The Balaban J connectivity index is 2.08. The van der Waals surface area contributed by atoms with Crippen molar-refractivity contribution in [1.29, 1.82) is 0 Å². The zero-order valence-corrected chi connectivity index (χ0v) is 14.4. The molecule has 2 aliphatic heterocycles. The minimum atomic E-state index is 0.241. The molecule has 0 aromatic carbocycles. The van der Waals surface area contributed by atoms with Gasteiger partial charge in [0.1, 0.15) is 0 Å². The van der Waals surface area contributed by atoms with Gasteiger partial charge in [-0.05, 0) is 48.3 Å². The summed E-state index contributed by atoms with van der Waals surface area (Å²) in [5, 5.41) is 0. The smallest absolute Gasteiger partial charge is 0.0638 e. The molecule has 2 aliphatic rings. The van der Waals surface area contributed by atoms with Crippen molar-refractivity contribution >= 4 is 0 Å². The Morgan fingerprint density at radius 3 is 2.10 bits per heavy atom. The fourth-order valence-corrected chi connectivity index (χ4v) is 3.92. The number of hydrogen-bond donors (Lipinski definition) is 0. The third kappa shape index (κ3) is 3.76. The molecule has 0 spiro atoms. The van der Waals surface area contributed by atoms with Gasteiger partial charge in [0.25, 0.3) is 0 Å². The lowest BCUT2D eigenvalue weighted by molar-refractivity contribution is -0.141. The molecule has 0 N–H and O–H groups in total. The first-order valence-electron chi connectivity index (χ1n) is 8.43. The minimum absolute atomic E-state index is 0.241. The van der Waals surface area contributed by atoms with Crippen molar-refractivity contribution in [3.63, 3.8) is 0 Å². The Hall–Kier alpha value is -0.0800. The van der Waals surface area contributed by atoms with E-state index in [1.807, 2.05) is 0 Å². The van der Waals surface area contributed by atoms with E-state index < -0.39 is 0 Å². The highest BCUT2D eigenvalue weighted by atomic mass is 16.5. The van der Waals surface area contributed by atoms with Crippen LogP contribution in [0.5, 0.6) is 0 Å². The third-order valence-electron chi connectivity index (χ3n) is 5.23. The lowest BCUT2D eigenvalue weighted by Crippen LogP contribution is -2.47. The lowest BCUT2D eigenvalue weighted by atomic mass is 9.68. The van der Waals surface area contributed by atoms with Gasteiger partial charge in [0.2, 0.25) is 0 Å². The highest BCUT2D eigenvalue weighted by Gasteiger charge is 2.42. The van der Waals surface area contributed by atoms with Crippen LogP contribution in [-0.2, 0) is 9.47 Å². The molecular weight excluding hydrogens is 248 g/mol. The fourth-order valence-electron chi connectivity index (χ4n) is 3.92. The zero-order valence-electron chi connectivity index (χ0n) is 14.4. The van der Waals surface area contributed by atoms with Gasteiger partial charge in [0, 0.05) is 13.2 Å². The maximum absolute atomic E-state index is 6.26. The molecule has 20 heavy (non-hydrogen) atoms. The molecule has 0 aliphatic carbocycles. The van der Waals surface area contributed by atoms with Crippen molar-refractivity contribution < 1.29 is 9.47 Å². The topological polar surface area (TPSA) is 18.5 Å². The van der Waals surface area contributed by atoms with Gasteiger partial charge in [0.05, 0.1) is 12.2 Å². The average Bonchev–Trinajstić information content (AvgIpc) is 2.37. The monoisotopic (exact) mass is 282 g/mol. The first kappa shape index (κ1) is 16.3. The van der Waals surface area contributed by atoms with E-state index in [1.165, 1.54) is 25.7 Å². The van der Waals surface area contributed by atoms with Crippen LogP contribution in [0.2, 0.25) is 0 Å². The van der Waals surface area contributed by atoms with E-state index in [2.05, 4.69) is 41.5 Å². The van der Waals surface area contributed by atoms with Crippen molar-refractivity contribution in [2.75, 3.05) is 13.2 Å². The van der Waals surface area contributed by atoms with Crippen molar-refractivity contribution in [2.45, 2.75) is 79.4 Å². The van der Waals surface area contributed by atoms with Crippen LogP contribution in [-0.4, -0.2) is 25.4 Å². The molecule has 2 heteroatoms. The summed E-state index contributed by atoms with van der Waals surface area (Å²) in [6.45, 7) is 15.9. The molecule has 2 fully saturated rings. The third-order valence-corrected chi connectivity index (χ3v) is 5.23. The SMILES string of the molecule is CC(C)(C)C1CC(C2OCCCC2C(C)(C)C)CCO1. The molecule has 0 aromatic heterocycles. The molecule has 2 heterocycles. The molecule has 0 saturated carbocycles. The first-order chi connectivity index (χ1) is 9.19. The number of ether oxygens (including phenoxy) is 2. The van der Waals surface area contributed by atoms with Gasteiger partial charge < -0.3 is 9.47 Å². The van der Waals surface area contributed by atoms with E-state index in [9.17, 15) is 0 Å². The quantitative estimate of drug-likeness (QED) is 0.696. The Morgan fingerprint density at radius 1 is 0.800 bits per heavy atom. The van der Waals surface area contributed by atoms with Crippen molar-refractivity contribution in [3.8, 4) is 0 Å². The second-order valence-electron chi connectivity index (χ2n) is 8.96. The van der Waals surface area contributed by atoms with Gasteiger partial charge in [-0.2, -0.15) is 0 Å². The van der Waals surface area contributed by atoms with Crippen LogP contribution in [0, 0.1) is 22.7 Å². The summed E-state index contributed by atoms with van der Waals surface area (Å²) in [6, 6.07) is 0. The maximum Gasteiger partial charge on any atom is 0.0638 e. The Bertz CT molecular complexity index is 310. The fraction of sp³-hybridized carbons (Fsp3) is 1.00. The Kier molecular flexibility index (Phi) is 4.86. The van der Waals surface area contributed by atoms with Crippen LogP contribution in [0.1, 0.15) is 67.2 Å². The number of hydrogen-bond acceptors (Lipinski definition) is 2. The van der Waals surface area contributed by atoms with Gasteiger partial charge in [-0.1, -0.05) is 41.5 Å². The summed E-state index contributed by atoms with van der Waals surface area (Å²) >= 11 is 0. The molecule has 0 amide bonds. The molecule has 2 saturated heterocycles. The van der Waals surface area contributed by atoms with E-state index in [-0.39, 0.29) is 5.41 Å². The van der Waals surface area contributed by atoms with Gasteiger partial charge in [0.15, 0.2) is 0 Å². The summed E-state index contributed by atoms with van der Waals surface area (Å²) in [5.41, 5.74) is 0.588. The molecule has 0 radical (unpaired) electrons. The summed E-state index contributed by atoms with van der Waals surface area (Å²) in [4.78, 5) is 0. The molecule has 118 valence electrons. The van der Waals surface area contributed by atoms with Gasteiger partial charge in [-0.25, -0.2) is 0 Å². The van der Waals surface area contributed by atoms with E-state index in [1.54, 1.807) is 0 Å². The number of rotatable bonds is 1. The van der Waals surface area contributed by atoms with Gasteiger partial charge in [-0.3, -0.25) is 0 Å². The zero-order chi connectivity index (χ0) is 15.0. The van der Waals surface area contributed by atoms with E-state index >= 15 is 0 Å². The summed E-state index contributed by atoms with van der Waals surface area (Å²) < 4.78 is 12.3. The highest BCUT2D eigenvalue weighted by Crippen LogP contribution is 2.43. The van der Waals surface area contributed by atoms with Crippen LogP contribution in [0.15, 0.2) is 0 Å². The molecule has 0 bridgehead atoms. The Labute approximate surface area is 125 Å². The first-order valence-corrected chi connectivity index (χ1v) is 8.43. The maximum atomic E-state index is 6.26. The second-order valence-corrected chi connectivity index (χ2v) is 8.96. The predicted molar refractivity (Wildman–Crippen MR) is 83.8 cm³/mol. The second kappa shape index (κ2) is 5.96. The van der Waals surface area contributed by atoms with Crippen molar-refractivity contribution in [1.82, 2.24) is 0 Å². The van der Waals surface area contributed by atoms with Crippen molar-refractivity contribution in [2.24, 2.45) is 22.7 Å². The van der Waals surface area contributed by atoms with E-state index in [0.717, 1.165) is 13.2 Å². The average molecular weight is 282 g/mol. The molecule has 4 unspecified atom stereocenters. The van der Waals surface area contributed by atoms with Crippen LogP contribution >= 0.6 is 0 Å². The molecular formula is C18H34O2. The molecule has 2 nitrogen and oxygen atoms in total. The van der Waals surface area contributed by atoms with Crippen LogP contribution in [0.4, 0.5) is 0 Å². The van der Waals surface area contributed by atoms with Crippen LogP contribution in [0.25, 0.3) is 0 Å². The summed E-state index contributed by atoms with van der Waals surface area (Å²) in [5.74, 6) is 1.37. The van der Waals surface area contributed by atoms with Crippen molar-refractivity contribution in [3.05, 3.63) is 0 Å². The van der Waals surface area contributed by atoms with Crippen LogP contribution in [0.3, 0.4) is 0 Å². The Morgan fingerprint density at radius 2 is 1.50 bits per heavy atom. The van der Waals surface area contributed by atoms with Gasteiger partial charge in [-0.15, -0.1) is 0 Å². The normalized spacial score (nSPS) is 36.9. The van der Waals surface area contributed by atoms with Crippen LogP contribution < -0.4 is 0 Å². The molecule has 2 rings (SSSR count). The van der Waals surface area contributed by atoms with E-state index in [4.69, 9.17) is 9.47 Å². The predicted octanol–water partition coefficient (Wildman–Crippen LogP) is 4.67. The van der Waals surface area contributed by atoms with E-state index in [0.29, 0.717) is 29.5 Å². The standard InChI is InChI=1S/C18H34O2/c1-17(2,3)14-8-7-10-20-16(14)13-9-11-19-15(12-13)18(4,5)6/h13-16H,7-12H2,1-6H3. The summed E-state index contributed by atoms with van der Waals surface area (Å²) in [7, 11) is 0. The summed E-state index contributed by atoms with van der Waals surface area (Å²) in [6.07, 6.45) is 5.71. The lowest BCUT2D eigenvalue weighted by Gasteiger charge is -2.47. The van der Waals surface area contributed by atoms with Gasteiger partial charge >= 0.3 is 0 Å². The minimum Gasteiger partial charge on any atom is -0.378 e.